The normalized spacial score (nSPS) is 14.1. The number of nitrogens with one attached hydrogen (secondary N) is 1. The summed E-state index contributed by atoms with van der Waals surface area (Å²) < 4.78 is 2.26. The van der Waals surface area contributed by atoms with E-state index < -0.39 is 0 Å². The standard InChI is InChI=1S/C19H20N4O/c1-3-23-12(2)8-14-9-16(6-7-17(14)23)22-19(24)15-10-20-18(21-11-15)13-4-5-13/h6-11,13H,3-5H2,1-2H3,(H,22,24). The van der Waals surface area contributed by atoms with Crippen LogP contribution in [0.3, 0.4) is 0 Å². The number of hydrogen-bond acceptors (Lipinski definition) is 3. The highest BCUT2D eigenvalue weighted by Gasteiger charge is 2.26. The summed E-state index contributed by atoms with van der Waals surface area (Å²) in [6, 6.07) is 8.13. The summed E-state index contributed by atoms with van der Waals surface area (Å²) in [5, 5.41) is 4.07. The first-order chi connectivity index (χ1) is 11.7. The first-order valence-electron chi connectivity index (χ1n) is 8.39. The first-order valence-corrected chi connectivity index (χ1v) is 8.39. The van der Waals surface area contributed by atoms with Crippen molar-refractivity contribution >= 4 is 22.5 Å². The van der Waals surface area contributed by atoms with E-state index in [2.05, 4.69) is 39.8 Å². The number of aromatic nitrogens is 3. The summed E-state index contributed by atoms with van der Waals surface area (Å²) >= 11 is 0. The highest BCUT2D eigenvalue weighted by Crippen LogP contribution is 2.37. The smallest absolute Gasteiger partial charge is 0.258 e. The Labute approximate surface area is 140 Å². The minimum Gasteiger partial charge on any atom is -0.345 e. The van der Waals surface area contributed by atoms with Crippen molar-refractivity contribution in [2.45, 2.75) is 39.2 Å². The second kappa shape index (κ2) is 5.74. The van der Waals surface area contributed by atoms with Gasteiger partial charge in [-0.05, 0) is 51.0 Å². The molecule has 1 saturated carbocycles. The number of fused-ring (bicyclic) bond motifs is 1. The van der Waals surface area contributed by atoms with Crippen molar-refractivity contribution in [2.24, 2.45) is 0 Å². The van der Waals surface area contributed by atoms with Crippen molar-refractivity contribution in [1.82, 2.24) is 14.5 Å². The molecule has 1 aliphatic carbocycles. The van der Waals surface area contributed by atoms with Crippen LogP contribution in [0.4, 0.5) is 5.69 Å². The van der Waals surface area contributed by atoms with E-state index in [1.54, 1.807) is 12.4 Å². The maximum atomic E-state index is 12.4. The molecule has 0 unspecified atom stereocenters. The average molecular weight is 320 g/mol. The molecule has 0 saturated heterocycles. The number of anilines is 1. The van der Waals surface area contributed by atoms with E-state index in [9.17, 15) is 4.79 Å². The lowest BCUT2D eigenvalue weighted by atomic mass is 10.2. The Kier molecular flexibility index (Phi) is 3.56. The molecular formula is C19H20N4O. The molecule has 2 aromatic heterocycles. The van der Waals surface area contributed by atoms with E-state index in [4.69, 9.17) is 0 Å². The van der Waals surface area contributed by atoms with E-state index in [1.807, 2.05) is 18.2 Å². The van der Waals surface area contributed by atoms with Crippen molar-refractivity contribution in [2.75, 3.05) is 5.32 Å². The molecule has 0 spiro atoms. The maximum absolute atomic E-state index is 12.4. The molecule has 3 aromatic rings. The topological polar surface area (TPSA) is 59.8 Å². The van der Waals surface area contributed by atoms with Crippen LogP contribution >= 0.6 is 0 Å². The molecule has 1 fully saturated rings. The van der Waals surface area contributed by atoms with E-state index >= 15 is 0 Å². The second-order valence-electron chi connectivity index (χ2n) is 6.36. The molecular weight excluding hydrogens is 300 g/mol. The van der Waals surface area contributed by atoms with Gasteiger partial charge in [0.15, 0.2) is 0 Å². The molecule has 0 atom stereocenters. The van der Waals surface area contributed by atoms with Gasteiger partial charge in [0, 0.05) is 47.1 Å². The van der Waals surface area contributed by atoms with Gasteiger partial charge in [-0.3, -0.25) is 4.79 Å². The fourth-order valence-electron chi connectivity index (χ4n) is 3.12. The zero-order valence-corrected chi connectivity index (χ0v) is 13.9. The molecule has 1 N–H and O–H groups in total. The number of nitrogens with zero attached hydrogens (tertiary/aromatic N) is 3. The predicted molar refractivity (Wildman–Crippen MR) is 94.3 cm³/mol. The molecule has 122 valence electrons. The molecule has 24 heavy (non-hydrogen) atoms. The van der Waals surface area contributed by atoms with Gasteiger partial charge in [-0.2, -0.15) is 0 Å². The van der Waals surface area contributed by atoms with Crippen LogP contribution in [0, 0.1) is 6.92 Å². The molecule has 2 heterocycles. The summed E-state index contributed by atoms with van der Waals surface area (Å²) in [4.78, 5) is 21.0. The van der Waals surface area contributed by atoms with Crippen LogP contribution in [0.15, 0.2) is 36.7 Å². The average Bonchev–Trinajstić information content (AvgIpc) is 3.38. The Hall–Kier alpha value is -2.69. The zero-order valence-electron chi connectivity index (χ0n) is 13.9. The highest BCUT2D eigenvalue weighted by molar-refractivity contribution is 6.04. The Morgan fingerprint density at radius 3 is 2.67 bits per heavy atom. The molecule has 0 aliphatic heterocycles. The molecule has 1 aliphatic rings. The van der Waals surface area contributed by atoms with Gasteiger partial charge in [-0.25, -0.2) is 9.97 Å². The van der Waals surface area contributed by atoms with Gasteiger partial charge >= 0.3 is 0 Å². The molecule has 1 amide bonds. The minimum absolute atomic E-state index is 0.177. The Bertz CT molecular complexity index is 907. The lowest BCUT2D eigenvalue weighted by Gasteiger charge is -2.07. The summed E-state index contributed by atoms with van der Waals surface area (Å²) in [6.07, 6.45) is 5.54. The summed E-state index contributed by atoms with van der Waals surface area (Å²) in [7, 11) is 0. The third kappa shape index (κ3) is 2.66. The molecule has 1 aromatic carbocycles. The minimum atomic E-state index is -0.177. The highest BCUT2D eigenvalue weighted by atomic mass is 16.1. The van der Waals surface area contributed by atoms with Crippen LogP contribution in [-0.2, 0) is 6.54 Å². The fraction of sp³-hybridized carbons (Fsp3) is 0.316. The van der Waals surface area contributed by atoms with Crippen LogP contribution in [0.25, 0.3) is 10.9 Å². The number of rotatable bonds is 4. The van der Waals surface area contributed by atoms with Gasteiger partial charge in [0.1, 0.15) is 5.82 Å². The number of benzene rings is 1. The number of hydrogen-bond donors (Lipinski definition) is 1. The van der Waals surface area contributed by atoms with E-state index in [0.29, 0.717) is 11.5 Å². The van der Waals surface area contributed by atoms with Gasteiger partial charge in [0.25, 0.3) is 5.91 Å². The van der Waals surface area contributed by atoms with Crippen molar-refractivity contribution in [3.63, 3.8) is 0 Å². The monoisotopic (exact) mass is 320 g/mol. The van der Waals surface area contributed by atoms with Crippen LogP contribution < -0.4 is 5.32 Å². The Morgan fingerprint density at radius 2 is 2.00 bits per heavy atom. The lowest BCUT2D eigenvalue weighted by molar-refractivity contribution is 0.102. The number of carbonyl (C=O) groups excluding carboxylic acids is 1. The van der Waals surface area contributed by atoms with Crippen molar-refractivity contribution < 1.29 is 4.79 Å². The first kappa shape index (κ1) is 14.9. The van der Waals surface area contributed by atoms with Crippen molar-refractivity contribution in [3.8, 4) is 0 Å². The second-order valence-corrected chi connectivity index (χ2v) is 6.36. The third-order valence-corrected chi connectivity index (χ3v) is 4.56. The van der Waals surface area contributed by atoms with Crippen LogP contribution in [0.2, 0.25) is 0 Å². The van der Waals surface area contributed by atoms with E-state index in [1.165, 1.54) is 11.2 Å². The quantitative estimate of drug-likeness (QED) is 0.793. The fourth-order valence-corrected chi connectivity index (χ4v) is 3.12. The third-order valence-electron chi connectivity index (χ3n) is 4.56. The van der Waals surface area contributed by atoms with Gasteiger partial charge in [-0.1, -0.05) is 0 Å². The van der Waals surface area contributed by atoms with Crippen LogP contribution in [0.1, 0.15) is 47.6 Å². The largest absolute Gasteiger partial charge is 0.345 e. The van der Waals surface area contributed by atoms with Gasteiger partial charge < -0.3 is 9.88 Å². The molecule has 0 radical (unpaired) electrons. The molecule has 5 nitrogen and oxygen atoms in total. The predicted octanol–water partition coefficient (Wildman–Crippen LogP) is 3.89. The SMILES string of the molecule is CCn1c(C)cc2cc(NC(=O)c3cnc(C4CC4)nc3)ccc21. The van der Waals surface area contributed by atoms with E-state index in [-0.39, 0.29) is 5.91 Å². The molecule has 5 heteroatoms. The van der Waals surface area contributed by atoms with Crippen molar-refractivity contribution in [1.29, 1.82) is 0 Å². The number of aryl methyl sites for hydroxylation is 2. The summed E-state index contributed by atoms with van der Waals surface area (Å²) in [6.45, 7) is 5.17. The lowest BCUT2D eigenvalue weighted by Crippen LogP contribution is -2.13. The Balaban J connectivity index is 1.55. The Morgan fingerprint density at radius 1 is 1.25 bits per heavy atom. The number of amides is 1. The van der Waals surface area contributed by atoms with Gasteiger partial charge in [0.2, 0.25) is 0 Å². The maximum Gasteiger partial charge on any atom is 0.258 e. The van der Waals surface area contributed by atoms with Crippen molar-refractivity contribution in [3.05, 3.63) is 53.7 Å². The van der Waals surface area contributed by atoms with Gasteiger partial charge in [-0.15, -0.1) is 0 Å². The summed E-state index contributed by atoms with van der Waals surface area (Å²) in [5.41, 5.74) is 3.68. The van der Waals surface area contributed by atoms with Crippen LogP contribution in [-0.4, -0.2) is 20.4 Å². The zero-order chi connectivity index (χ0) is 16.7. The van der Waals surface area contributed by atoms with Gasteiger partial charge in [0.05, 0.1) is 5.56 Å². The number of carbonyl (C=O) groups is 1. The van der Waals surface area contributed by atoms with E-state index in [0.717, 1.165) is 36.3 Å². The van der Waals surface area contributed by atoms with Crippen LogP contribution in [0.5, 0.6) is 0 Å². The molecule has 4 rings (SSSR count). The summed E-state index contributed by atoms with van der Waals surface area (Å²) in [5.74, 6) is 1.17. The molecule has 0 bridgehead atoms.